The highest BCUT2D eigenvalue weighted by Crippen LogP contribution is 2.13. The van der Waals surface area contributed by atoms with Crippen LogP contribution in [0.15, 0.2) is 4.99 Å². The van der Waals surface area contributed by atoms with E-state index < -0.39 is 0 Å². The summed E-state index contributed by atoms with van der Waals surface area (Å²) in [6, 6.07) is 0.102. The molecule has 1 aliphatic rings. The molecule has 0 aliphatic carbocycles. The number of methoxy groups -OCH3 is 1. The fraction of sp³-hybridized carbons (Fsp3) is 0.917. The number of aliphatic imine (C=N–C) groups is 1. The van der Waals surface area contributed by atoms with E-state index in [0.717, 1.165) is 38.5 Å². The van der Waals surface area contributed by atoms with Crippen LogP contribution < -0.4 is 11.3 Å². The lowest BCUT2D eigenvalue weighted by Gasteiger charge is -2.33. The van der Waals surface area contributed by atoms with E-state index in [-0.39, 0.29) is 6.04 Å². The smallest absolute Gasteiger partial charge is 0.208 e. The van der Waals surface area contributed by atoms with Crippen molar-refractivity contribution in [2.45, 2.75) is 38.8 Å². The quantitative estimate of drug-likeness (QED) is 0.322. The van der Waals surface area contributed by atoms with E-state index in [1.807, 2.05) is 13.8 Å². The summed E-state index contributed by atoms with van der Waals surface area (Å²) >= 11 is 0. The highest BCUT2D eigenvalue weighted by molar-refractivity contribution is 5.79. The van der Waals surface area contributed by atoms with Crippen LogP contribution in [0.4, 0.5) is 0 Å². The minimum Gasteiger partial charge on any atom is -0.382 e. The van der Waals surface area contributed by atoms with Crippen molar-refractivity contribution in [1.82, 2.24) is 10.3 Å². The zero-order valence-corrected chi connectivity index (χ0v) is 11.7. The molecule has 0 aromatic rings. The minimum atomic E-state index is 0.102. The fourth-order valence-electron chi connectivity index (χ4n) is 2.17. The van der Waals surface area contributed by atoms with Crippen LogP contribution in [-0.2, 0) is 9.47 Å². The zero-order valence-electron chi connectivity index (χ0n) is 11.7. The molecule has 6 nitrogen and oxygen atoms in total. The molecule has 106 valence electrons. The van der Waals surface area contributed by atoms with Gasteiger partial charge in [0.1, 0.15) is 0 Å². The number of nitrogens with zero attached hydrogens (tertiary/aromatic N) is 2. The predicted octanol–water partition coefficient (Wildman–Crippen LogP) is 0.342. The summed E-state index contributed by atoms with van der Waals surface area (Å²) in [5, 5.41) is 0. The van der Waals surface area contributed by atoms with E-state index in [2.05, 4.69) is 15.3 Å². The highest BCUT2D eigenvalue weighted by Gasteiger charge is 2.21. The van der Waals surface area contributed by atoms with Gasteiger partial charge in [0.15, 0.2) is 0 Å². The molecule has 18 heavy (non-hydrogen) atoms. The molecule has 0 radical (unpaired) electrons. The Hall–Kier alpha value is -0.850. The number of hydrogen-bond acceptors (Lipinski definition) is 4. The second kappa shape index (κ2) is 8.29. The average Bonchev–Trinajstić information content (AvgIpc) is 2.38. The summed E-state index contributed by atoms with van der Waals surface area (Å²) in [7, 11) is 1.68. The average molecular weight is 258 g/mol. The van der Waals surface area contributed by atoms with Crippen molar-refractivity contribution in [3.63, 3.8) is 0 Å². The summed E-state index contributed by atoms with van der Waals surface area (Å²) in [4.78, 5) is 6.69. The van der Waals surface area contributed by atoms with Crippen LogP contribution in [0.5, 0.6) is 0 Å². The van der Waals surface area contributed by atoms with Gasteiger partial charge in [0.2, 0.25) is 5.96 Å². The third-order valence-corrected chi connectivity index (χ3v) is 3.02. The largest absolute Gasteiger partial charge is 0.382 e. The van der Waals surface area contributed by atoms with Gasteiger partial charge < -0.3 is 14.4 Å². The SMILES string of the molecule is CCOC1CCN(C(=NC(C)COC)NN)CC1. The maximum absolute atomic E-state index is 5.63. The van der Waals surface area contributed by atoms with Crippen molar-refractivity contribution >= 4 is 5.96 Å². The Morgan fingerprint density at radius 3 is 2.67 bits per heavy atom. The molecule has 0 bridgehead atoms. The monoisotopic (exact) mass is 258 g/mol. The van der Waals surface area contributed by atoms with Gasteiger partial charge in [-0.3, -0.25) is 5.43 Å². The van der Waals surface area contributed by atoms with Crippen LogP contribution in [-0.4, -0.2) is 56.4 Å². The number of piperidine rings is 1. The second-order valence-electron chi connectivity index (χ2n) is 4.54. The first-order valence-corrected chi connectivity index (χ1v) is 6.61. The Balaban J connectivity index is 2.47. The molecule has 1 saturated heterocycles. The van der Waals surface area contributed by atoms with Crippen molar-refractivity contribution in [2.75, 3.05) is 33.4 Å². The van der Waals surface area contributed by atoms with Crippen molar-refractivity contribution in [3.8, 4) is 0 Å². The number of hydrazine groups is 1. The number of nitrogens with two attached hydrogens (primary N) is 1. The van der Waals surface area contributed by atoms with Gasteiger partial charge >= 0.3 is 0 Å². The molecule has 0 amide bonds. The van der Waals surface area contributed by atoms with Crippen LogP contribution in [0.3, 0.4) is 0 Å². The molecule has 1 unspecified atom stereocenters. The lowest BCUT2D eigenvalue weighted by molar-refractivity contribution is 0.0263. The Morgan fingerprint density at radius 2 is 2.17 bits per heavy atom. The highest BCUT2D eigenvalue weighted by atomic mass is 16.5. The molecule has 1 fully saturated rings. The van der Waals surface area contributed by atoms with Crippen LogP contribution in [0.2, 0.25) is 0 Å². The Kier molecular flexibility index (Phi) is 7.00. The van der Waals surface area contributed by atoms with Crippen molar-refractivity contribution in [1.29, 1.82) is 0 Å². The first-order chi connectivity index (χ1) is 8.71. The van der Waals surface area contributed by atoms with Gasteiger partial charge in [-0.25, -0.2) is 10.8 Å². The van der Waals surface area contributed by atoms with Gasteiger partial charge in [0.05, 0.1) is 18.8 Å². The van der Waals surface area contributed by atoms with Crippen molar-refractivity contribution < 1.29 is 9.47 Å². The van der Waals surface area contributed by atoms with E-state index >= 15 is 0 Å². The first kappa shape index (κ1) is 15.2. The van der Waals surface area contributed by atoms with Gasteiger partial charge in [-0.2, -0.15) is 0 Å². The van der Waals surface area contributed by atoms with Crippen LogP contribution in [0, 0.1) is 0 Å². The summed E-state index contributed by atoms with van der Waals surface area (Å²) in [6.07, 6.45) is 2.42. The summed E-state index contributed by atoms with van der Waals surface area (Å²) in [5.74, 6) is 6.29. The van der Waals surface area contributed by atoms with Crippen LogP contribution in [0.25, 0.3) is 0 Å². The lowest BCUT2D eigenvalue weighted by atomic mass is 10.1. The topological polar surface area (TPSA) is 72.1 Å². The first-order valence-electron chi connectivity index (χ1n) is 6.61. The van der Waals surface area contributed by atoms with Crippen LogP contribution >= 0.6 is 0 Å². The fourth-order valence-corrected chi connectivity index (χ4v) is 2.17. The third-order valence-electron chi connectivity index (χ3n) is 3.02. The standard InChI is InChI=1S/C12H26N4O2/c1-4-18-11-5-7-16(8-6-11)12(15-13)14-10(2)9-17-3/h10-11H,4-9,13H2,1-3H3,(H,14,15). The van der Waals surface area contributed by atoms with Crippen molar-refractivity contribution in [3.05, 3.63) is 0 Å². The molecule has 1 atom stereocenters. The molecule has 0 spiro atoms. The number of rotatable bonds is 5. The molecule has 0 aromatic carbocycles. The van der Waals surface area contributed by atoms with Gasteiger partial charge in [-0.05, 0) is 26.7 Å². The predicted molar refractivity (Wildman–Crippen MR) is 72.3 cm³/mol. The van der Waals surface area contributed by atoms with E-state index in [4.69, 9.17) is 15.3 Å². The molecule has 0 aromatic heterocycles. The number of ether oxygens (including phenoxy) is 2. The summed E-state index contributed by atoms with van der Waals surface area (Å²) in [5.41, 5.74) is 2.69. The number of nitrogens with one attached hydrogen (secondary N) is 1. The molecular formula is C12H26N4O2. The van der Waals surface area contributed by atoms with E-state index in [1.165, 1.54) is 0 Å². The zero-order chi connectivity index (χ0) is 13.4. The van der Waals surface area contributed by atoms with Crippen LogP contribution in [0.1, 0.15) is 26.7 Å². The molecule has 0 saturated carbocycles. The molecule has 1 rings (SSSR count). The Bertz CT molecular complexity index is 252. The maximum atomic E-state index is 5.63. The molecule has 6 heteroatoms. The lowest BCUT2D eigenvalue weighted by Crippen LogP contribution is -2.49. The molecule has 1 aliphatic heterocycles. The van der Waals surface area contributed by atoms with E-state index in [0.29, 0.717) is 12.7 Å². The van der Waals surface area contributed by atoms with E-state index in [9.17, 15) is 0 Å². The van der Waals surface area contributed by atoms with Gasteiger partial charge in [0, 0.05) is 26.8 Å². The molecule has 1 heterocycles. The maximum Gasteiger partial charge on any atom is 0.208 e. The minimum absolute atomic E-state index is 0.102. The number of hydrogen-bond donors (Lipinski definition) is 2. The Labute approximate surface area is 109 Å². The van der Waals surface area contributed by atoms with Crippen molar-refractivity contribution in [2.24, 2.45) is 10.8 Å². The Morgan fingerprint density at radius 1 is 1.50 bits per heavy atom. The molecular weight excluding hydrogens is 232 g/mol. The number of guanidine groups is 1. The van der Waals surface area contributed by atoms with Gasteiger partial charge in [-0.1, -0.05) is 0 Å². The van der Waals surface area contributed by atoms with Gasteiger partial charge in [0.25, 0.3) is 0 Å². The molecule has 3 N–H and O–H groups in total. The summed E-state index contributed by atoms with van der Waals surface area (Å²) < 4.78 is 10.7. The number of likely N-dealkylation sites (tertiary alicyclic amines) is 1. The third kappa shape index (κ3) is 4.80. The normalized spacial score (nSPS) is 20.0. The second-order valence-corrected chi connectivity index (χ2v) is 4.54. The van der Waals surface area contributed by atoms with E-state index in [1.54, 1.807) is 7.11 Å². The van der Waals surface area contributed by atoms with Gasteiger partial charge in [-0.15, -0.1) is 0 Å². The summed E-state index contributed by atoms with van der Waals surface area (Å²) in [6.45, 7) is 7.27.